The number of benzene rings is 2. The van der Waals surface area contributed by atoms with Crippen LogP contribution in [0.1, 0.15) is 24.2 Å². The summed E-state index contributed by atoms with van der Waals surface area (Å²) in [7, 11) is -3.71. The molecule has 0 fully saturated rings. The van der Waals surface area contributed by atoms with Gasteiger partial charge in [0.25, 0.3) is 5.91 Å². The zero-order chi connectivity index (χ0) is 18.8. The topological polar surface area (TPSA) is 75.3 Å². The average Bonchev–Trinajstić information content (AvgIpc) is 2.51. The van der Waals surface area contributed by atoms with Gasteiger partial charge >= 0.3 is 0 Å². The van der Waals surface area contributed by atoms with Crippen LogP contribution in [0, 0.1) is 17.5 Å². The van der Waals surface area contributed by atoms with Crippen LogP contribution < -0.4 is 10.0 Å². The first-order chi connectivity index (χ1) is 11.6. The Labute approximate surface area is 142 Å². The number of sulfonamides is 1. The van der Waals surface area contributed by atoms with Gasteiger partial charge in [0, 0.05) is 23.7 Å². The molecular formula is C16H15F3N2O3S. The van der Waals surface area contributed by atoms with Gasteiger partial charge in [0.2, 0.25) is 10.0 Å². The van der Waals surface area contributed by atoms with Gasteiger partial charge in [-0.2, -0.15) is 0 Å². The first-order valence-corrected chi connectivity index (χ1v) is 8.67. The molecule has 0 unspecified atom stereocenters. The molecule has 0 atom stereocenters. The fraction of sp³-hybridized carbons (Fsp3) is 0.188. The number of hydrogen-bond acceptors (Lipinski definition) is 3. The molecule has 0 aliphatic rings. The van der Waals surface area contributed by atoms with Crippen molar-refractivity contribution in [3.05, 3.63) is 59.4 Å². The van der Waals surface area contributed by atoms with Gasteiger partial charge in [0.1, 0.15) is 5.82 Å². The van der Waals surface area contributed by atoms with E-state index in [9.17, 15) is 26.4 Å². The van der Waals surface area contributed by atoms with Crippen LogP contribution in [0.15, 0.2) is 41.3 Å². The molecule has 0 heterocycles. The van der Waals surface area contributed by atoms with Crippen molar-refractivity contribution in [1.82, 2.24) is 4.72 Å². The second kappa shape index (κ2) is 7.24. The molecule has 0 aliphatic carbocycles. The van der Waals surface area contributed by atoms with Gasteiger partial charge < -0.3 is 5.32 Å². The van der Waals surface area contributed by atoms with Gasteiger partial charge in [-0.3, -0.25) is 4.79 Å². The van der Waals surface area contributed by atoms with Crippen molar-refractivity contribution in [2.45, 2.75) is 24.8 Å². The summed E-state index contributed by atoms with van der Waals surface area (Å²) >= 11 is 0. The summed E-state index contributed by atoms with van der Waals surface area (Å²) in [6.07, 6.45) is 0. The lowest BCUT2D eigenvalue weighted by Crippen LogP contribution is -2.30. The van der Waals surface area contributed by atoms with Crippen molar-refractivity contribution in [2.75, 3.05) is 5.32 Å². The monoisotopic (exact) mass is 372 g/mol. The van der Waals surface area contributed by atoms with Crippen LogP contribution in [0.2, 0.25) is 0 Å². The van der Waals surface area contributed by atoms with Crippen LogP contribution in [-0.4, -0.2) is 20.4 Å². The van der Waals surface area contributed by atoms with Crippen molar-refractivity contribution >= 4 is 21.6 Å². The van der Waals surface area contributed by atoms with E-state index in [1.807, 2.05) is 0 Å². The molecule has 2 aromatic carbocycles. The molecule has 0 spiro atoms. The molecule has 0 aromatic heterocycles. The van der Waals surface area contributed by atoms with Crippen molar-refractivity contribution in [3.63, 3.8) is 0 Å². The molecule has 1 amide bonds. The average molecular weight is 372 g/mol. The maximum absolute atomic E-state index is 13.5. The molecule has 5 nitrogen and oxygen atoms in total. The maximum atomic E-state index is 13.5. The highest BCUT2D eigenvalue weighted by atomic mass is 32.2. The number of hydrogen-bond donors (Lipinski definition) is 2. The standard InChI is InChI=1S/C16H15F3N2O3S/c1-9(2)21-25(23,24)11-5-3-10(4-6-11)16(22)20-15-8-13(18)12(17)7-14(15)19/h3-9,21H,1-2H3,(H,20,22). The fourth-order valence-electron chi connectivity index (χ4n) is 1.98. The van der Waals surface area contributed by atoms with Crippen LogP contribution in [0.3, 0.4) is 0 Å². The molecule has 0 saturated carbocycles. The van der Waals surface area contributed by atoms with E-state index < -0.39 is 39.1 Å². The third-order valence-corrected chi connectivity index (χ3v) is 4.75. The van der Waals surface area contributed by atoms with Crippen LogP contribution in [0.4, 0.5) is 18.9 Å². The summed E-state index contributed by atoms with van der Waals surface area (Å²) < 4.78 is 65.9. The van der Waals surface area contributed by atoms with Gasteiger partial charge in [-0.15, -0.1) is 0 Å². The van der Waals surface area contributed by atoms with Crippen LogP contribution in [0.5, 0.6) is 0 Å². The predicted molar refractivity (Wildman–Crippen MR) is 86.2 cm³/mol. The quantitative estimate of drug-likeness (QED) is 0.792. The third-order valence-electron chi connectivity index (χ3n) is 3.08. The minimum Gasteiger partial charge on any atom is -0.319 e. The second-order valence-electron chi connectivity index (χ2n) is 5.50. The van der Waals surface area contributed by atoms with Gasteiger partial charge in [-0.05, 0) is 38.1 Å². The van der Waals surface area contributed by atoms with E-state index in [1.165, 1.54) is 24.3 Å². The number of halogens is 3. The molecule has 2 aromatic rings. The Morgan fingerprint density at radius 3 is 2.08 bits per heavy atom. The lowest BCUT2D eigenvalue weighted by atomic mass is 10.2. The molecule has 134 valence electrons. The van der Waals surface area contributed by atoms with E-state index >= 15 is 0 Å². The molecule has 25 heavy (non-hydrogen) atoms. The Hall–Kier alpha value is -2.39. The Morgan fingerprint density at radius 1 is 0.960 bits per heavy atom. The molecule has 0 aliphatic heterocycles. The Kier molecular flexibility index (Phi) is 5.48. The molecule has 2 rings (SSSR count). The normalized spacial score (nSPS) is 11.6. The lowest BCUT2D eigenvalue weighted by Gasteiger charge is -2.10. The van der Waals surface area contributed by atoms with Crippen molar-refractivity contribution < 1.29 is 26.4 Å². The summed E-state index contributed by atoms with van der Waals surface area (Å²) in [4.78, 5) is 12.0. The first kappa shape index (κ1) is 18.9. The number of carbonyl (C=O) groups excluding carboxylic acids is 1. The number of anilines is 1. The summed E-state index contributed by atoms with van der Waals surface area (Å²) in [6.45, 7) is 3.32. The SMILES string of the molecule is CC(C)NS(=O)(=O)c1ccc(C(=O)Nc2cc(F)c(F)cc2F)cc1. The van der Waals surface area contributed by atoms with Gasteiger partial charge in [-0.25, -0.2) is 26.3 Å². The molecule has 0 bridgehead atoms. The fourth-order valence-corrected chi connectivity index (χ4v) is 3.23. The van der Waals surface area contributed by atoms with Crippen molar-refractivity contribution in [1.29, 1.82) is 0 Å². The number of amides is 1. The highest BCUT2D eigenvalue weighted by Crippen LogP contribution is 2.19. The minimum absolute atomic E-state index is 0.0210. The van der Waals surface area contributed by atoms with E-state index in [0.29, 0.717) is 12.1 Å². The van der Waals surface area contributed by atoms with Gasteiger partial charge in [0.15, 0.2) is 11.6 Å². The molecule has 0 radical (unpaired) electrons. The molecular weight excluding hydrogens is 357 g/mol. The highest BCUT2D eigenvalue weighted by Gasteiger charge is 2.17. The summed E-state index contributed by atoms with van der Waals surface area (Å²) in [5.41, 5.74) is -0.505. The van der Waals surface area contributed by atoms with Crippen LogP contribution in [-0.2, 0) is 10.0 Å². The Bertz CT molecular complexity index is 898. The zero-order valence-electron chi connectivity index (χ0n) is 13.3. The zero-order valence-corrected chi connectivity index (χ0v) is 14.1. The Morgan fingerprint density at radius 2 is 1.52 bits per heavy atom. The highest BCUT2D eigenvalue weighted by molar-refractivity contribution is 7.89. The van der Waals surface area contributed by atoms with E-state index in [0.717, 1.165) is 0 Å². The van der Waals surface area contributed by atoms with E-state index in [4.69, 9.17) is 0 Å². The van der Waals surface area contributed by atoms with Crippen molar-refractivity contribution in [3.8, 4) is 0 Å². The molecule has 9 heteroatoms. The van der Waals surface area contributed by atoms with E-state index in [1.54, 1.807) is 13.8 Å². The van der Waals surface area contributed by atoms with Gasteiger partial charge in [-0.1, -0.05) is 0 Å². The van der Waals surface area contributed by atoms with Crippen LogP contribution >= 0.6 is 0 Å². The summed E-state index contributed by atoms with van der Waals surface area (Å²) in [5.74, 6) is -4.61. The maximum Gasteiger partial charge on any atom is 0.255 e. The van der Waals surface area contributed by atoms with E-state index in [-0.39, 0.29) is 16.5 Å². The second-order valence-corrected chi connectivity index (χ2v) is 7.21. The summed E-state index contributed by atoms with van der Waals surface area (Å²) in [5, 5.41) is 2.10. The summed E-state index contributed by atoms with van der Waals surface area (Å²) in [6, 6.07) is 5.41. The van der Waals surface area contributed by atoms with Gasteiger partial charge in [0.05, 0.1) is 10.6 Å². The number of carbonyl (C=O) groups is 1. The minimum atomic E-state index is -3.71. The number of rotatable bonds is 5. The first-order valence-electron chi connectivity index (χ1n) is 7.18. The predicted octanol–water partition coefficient (Wildman–Crippen LogP) is 3.04. The third kappa shape index (κ3) is 4.58. The molecule has 2 N–H and O–H groups in total. The van der Waals surface area contributed by atoms with E-state index in [2.05, 4.69) is 10.0 Å². The Balaban J connectivity index is 2.20. The molecule has 0 saturated heterocycles. The lowest BCUT2D eigenvalue weighted by molar-refractivity contribution is 0.102. The van der Waals surface area contributed by atoms with Crippen molar-refractivity contribution in [2.24, 2.45) is 0 Å². The van der Waals surface area contributed by atoms with Crippen LogP contribution in [0.25, 0.3) is 0 Å². The smallest absolute Gasteiger partial charge is 0.255 e. The largest absolute Gasteiger partial charge is 0.319 e. The number of nitrogens with one attached hydrogen (secondary N) is 2.